The SMILES string of the molecule is C1=Cc2ccc3sc(-c4cccc(C5=CCCc6c5oc5c6cc6c7c(cccc75)-c5ccccc5-6)c4)nc3c2CC1. The van der Waals surface area contributed by atoms with E-state index in [1.807, 2.05) is 0 Å². The first-order valence-corrected chi connectivity index (χ1v) is 15.6. The van der Waals surface area contributed by atoms with Gasteiger partial charge in [-0.2, -0.15) is 0 Å². The molecule has 0 fully saturated rings. The number of nitrogens with zero attached hydrogens (tertiary/aromatic N) is 1. The van der Waals surface area contributed by atoms with Crippen LogP contribution in [0.1, 0.15) is 40.9 Å². The van der Waals surface area contributed by atoms with E-state index in [2.05, 4.69) is 103 Å². The van der Waals surface area contributed by atoms with Crippen LogP contribution in [-0.2, 0) is 12.8 Å². The number of hydrogen-bond acceptors (Lipinski definition) is 3. The quantitative estimate of drug-likeness (QED) is 0.212. The Bertz CT molecular complexity index is 2360. The van der Waals surface area contributed by atoms with Crippen molar-refractivity contribution in [3.63, 3.8) is 0 Å². The minimum atomic E-state index is 0.995. The number of allylic oxidation sites excluding steroid dienone is 2. The number of furan rings is 1. The fourth-order valence-electron chi connectivity index (χ4n) is 7.50. The summed E-state index contributed by atoms with van der Waals surface area (Å²) in [6.07, 6.45) is 11.0. The first-order chi connectivity index (χ1) is 20.8. The van der Waals surface area contributed by atoms with Gasteiger partial charge in [0.2, 0.25) is 0 Å². The number of benzene rings is 5. The Morgan fingerprint density at radius 2 is 1.52 bits per heavy atom. The van der Waals surface area contributed by atoms with E-state index >= 15 is 0 Å². The van der Waals surface area contributed by atoms with Crippen molar-refractivity contribution in [2.24, 2.45) is 0 Å². The third kappa shape index (κ3) is 3.06. The largest absolute Gasteiger partial charge is 0.455 e. The van der Waals surface area contributed by atoms with Crippen molar-refractivity contribution < 1.29 is 4.42 Å². The highest BCUT2D eigenvalue weighted by molar-refractivity contribution is 7.21. The predicted molar refractivity (Wildman–Crippen MR) is 176 cm³/mol. The van der Waals surface area contributed by atoms with Crippen LogP contribution in [0.25, 0.3) is 76.4 Å². The van der Waals surface area contributed by atoms with Crippen LogP contribution >= 0.6 is 11.3 Å². The number of thiazole rings is 1. The van der Waals surface area contributed by atoms with E-state index in [1.165, 1.54) is 82.0 Å². The molecule has 10 rings (SSSR count). The summed E-state index contributed by atoms with van der Waals surface area (Å²) in [5, 5.41) is 4.87. The molecule has 2 aromatic heterocycles. The maximum absolute atomic E-state index is 6.88. The first-order valence-electron chi connectivity index (χ1n) is 14.8. The van der Waals surface area contributed by atoms with Crippen molar-refractivity contribution in [1.29, 1.82) is 0 Å². The van der Waals surface area contributed by atoms with Gasteiger partial charge in [-0.05, 0) is 82.8 Å². The Balaban J connectivity index is 1.12. The van der Waals surface area contributed by atoms with E-state index in [0.29, 0.717) is 0 Å². The molecule has 0 bridgehead atoms. The third-order valence-electron chi connectivity index (χ3n) is 9.39. The number of fused-ring (bicyclic) bond motifs is 10. The second-order valence-electron chi connectivity index (χ2n) is 11.7. The number of rotatable bonds is 2. The van der Waals surface area contributed by atoms with Crippen LogP contribution in [0.3, 0.4) is 0 Å². The van der Waals surface area contributed by atoms with E-state index in [9.17, 15) is 0 Å². The second-order valence-corrected chi connectivity index (χ2v) is 12.7. The van der Waals surface area contributed by atoms with Crippen molar-refractivity contribution >= 4 is 54.9 Å². The summed E-state index contributed by atoms with van der Waals surface area (Å²) < 4.78 is 8.14. The summed E-state index contributed by atoms with van der Waals surface area (Å²) in [5.41, 5.74) is 15.1. The summed E-state index contributed by atoms with van der Waals surface area (Å²) in [6.45, 7) is 0. The van der Waals surface area contributed by atoms with Crippen molar-refractivity contribution in [3.05, 3.63) is 125 Å². The van der Waals surface area contributed by atoms with Crippen LogP contribution in [0.2, 0.25) is 0 Å². The van der Waals surface area contributed by atoms with Gasteiger partial charge in [0.15, 0.2) is 0 Å². The van der Waals surface area contributed by atoms with Gasteiger partial charge in [-0.1, -0.05) is 85.0 Å². The van der Waals surface area contributed by atoms with E-state index in [4.69, 9.17) is 9.40 Å². The molecular formula is C39H25NOS. The molecule has 0 N–H and O–H groups in total. The van der Waals surface area contributed by atoms with Crippen molar-refractivity contribution in [2.45, 2.75) is 25.7 Å². The van der Waals surface area contributed by atoms with Gasteiger partial charge < -0.3 is 4.42 Å². The Labute approximate surface area is 247 Å². The lowest BCUT2D eigenvalue weighted by molar-refractivity contribution is 0.594. The predicted octanol–water partition coefficient (Wildman–Crippen LogP) is 10.8. The van der Waals surface area contributed by atoms with Crippen molar-refractivity contribution in [3.8, 4) is 32.8 Å². The Hall–Kier alpha value is -4.73. The summed E-state index contributed by atoms with van der Waals surface area (Å²) >= 11 is 1.80. The van der Waals surface area contributed by atoms with Gasteiger partial charge in [0, 0.05) is 32.9 Å². The first kappa shape index (κ1) is 22.9. The Kier molecular flexibility index (Phi) is 4.58. The summed E-state index contributed by atoms with van der Waals surface area (Å²) in [7, 11) is 0. The van der Waals surface area contributed by atoms with Gasteiger partial charge in [-0.15, -0.1) is 11.3 Å². The molecule has 7 aromatic rings. The summed E-state index contributed by atoms with van der Waals surface area (Å²) in [5.74, 6) is 1.02. The van der Waals surface area contributed by atoms with Crippen LogP contribution in [0, 0.1) is 0 Å². The molecule has 5 aromatic carbocycles. The zero-order valence-corrected chi connectivity index (χ0v) is 23.7. The minimum Gasteiger partial charge on any atom is -0.455 e. The molecule has 3 heteroatoms. The highest BCUT2D eigenvalue weighted by atomic mass is 32.1. The molecule has 3 aliphatic rings. The van der Waals surface area contributed by atoms with Crippen LogP contribution in [-0.4, -0.2) is 4.98 Å². The highest BCUT2D eigenvalue weighted by Crippen LogP contribution is 2.51. The maximum Gasteiger partial charge on any atom is 0.142 e. The molecule has 0 amide bonds. The normalized spacial score (nSPS) is 14.8. The van der Waals surface area contributed by atoms with Crippen molar-refractivity contribution in [2.75, 3.05) is 0 Å². The average molecular weight is 556 g/mol. The molecular weight excluding hydrogens is 531 g/mol. The zero-order valence-electron chi connectivity index (χ0n) is 22.9. The minimum absolute atomic E-state index is 0.995. The second kappa shape index (κ2) is 8.40. The topological polar surface area (TPSA) is 26.0 Å². The Morgan fingerprint density at radius 1 is 0.690 bits per heavy atom. The average Bonchev–Trinajstić information content (AvgIpc) is 3.75. The zero-order chi connectivity index (χ0) is 27.4. The van der Waals surface area contributed by atoms with Gasteiger partial charge in [0.1, 0.15) is 16.4 Å². The fourth-order valence-corrected chi connectivity index (χ4v) is 8.49. The molecule has 0 spiro atoms. The lowest BCUT2D eigenvalue weighted by Gasteiger charge is -2.14. The lowest BCUT2D eigenvalue weighted by Crippen LogP contribution is -1.98. The lowest BCUT2D eigenvalue weighted by atomic mass is 9.89. The molecule has 0 aliphatic heterocycles. The monoisotopic (exact) mass is 555 g/mol. The van der Waals surface area contributed by atoms with Gasteiger partial charge in [0.05, 0.1) is 10.2 Å². The van der Waals surface area contributed by atoms with E-state index < -0.39 is 0 Å². The highest BCUT2D eigenvalue weighted by Gasteiger charge is 2.28. The third-order valence-corrected chi connectivity index (χ3v) is 10.5. The molecule has 0 saturated carbocycles. The molecule has 0 atom stereocenters. The van der Waals surface area contributed by atoms with Crippen LogP contribution in [0.4, 0.5) is 0 Å². The molecule has 2 heterocycles. The van der Waals surface area contributed by atoms with Crippen molar-refractivity contribution in [1.82, 2.24) is 4.98 Å². The molecule has 3 aliphatic carbocycles. The molecule has 0 unspecified atom stereocenters. The number of hydrogen-bond donors (Lipinski definition) is 0. The van der Waals surface area contributed by atoms with Gasteiger partial charge >= 0.3 is 0 Å². The molecule has 0 saturated heterocycles. The maximum atomic E-state index is 6.88. The molecule has 42 heavy (non-hydrogen) atoms. The van der Waals surface area contributed by atoms with E-state index in [-0.39, 0.29) is 0 Å². The van der Waals surface area contributed by atoms with Gasteiger partial charge in [-0.3, -0.25) is 0 Å². The molecule has 2 nitrogen and oxygen atoms in total. The Morgan fingerprint density at radius 3 is 2.48 bits per heavy atom. The van der Waals surface area contributed by atoms with Crippen LogP contribution in [0.5, 0.6) is 0 Å². The fraction of sp³-hybridized carbons (Fsp3) is 0.103. The van der Waals surface area contributed by atoms with Gasteiger partial charge in [-0.25, -0.2) is 4.98 Å². The molecule has 198 valence electrons. The number of aryl methyl sites for hydroxylation is 2. The van der Waals surface area contributed by atoms with Crippen LogP contribution < -0.4 is 0 Å². The van der Waals surface area contributed by atoms with E-state index in [1.54, 1.807) is 11.3 Å². The van der Waals surface area contributed by atoms with Crippen LogP contribution in [0.15, 0.2) is 101 Å². The summed E-state index contributed by atoms with van der Waals surface area (Å²) in [6, 6.07) is 31.2. The number of aromatic nitrogens is 1. The smallest absolute Gasteiger partial charge is 0.142 e. The van der Waals surface area contributed by atoms with E-state index in [0.717, 1.165) is 42.0 Å². The standard InChI is InChI=1S/C39H25NOS/c1-2-11-25-22(8-1)18-19-34-36(25)40-39(42-34)24-10-5-9-23(20-24)26-14-6-16-30-33-21-32-28-13-4-3-12-27(28)29-15-7-17-31(35(29)32)38(33)41-37(26)30/h1,3-5,7-10,12-15,17-21H,2,6,11,16H2. The molecule has 0 radical (unpaired) electrons. The summed E-state index contributed by atoms with van der Waals surface area (Å²) in [4.78, 5) is 5.18. The van der Waals surface area contributed by atoms with Gasteiger partial charge in [0.25, 0.3) is 0 Å².